The topological polar surface area (TPSA) is 23.9 Å². The predicted octanol–water partition coefficient (Wildman–Crippen LogP) is 2.35. The van der Waals surface area contributed by atoms with Crippen LogP contribution < -0.4 is 0 Å². The van der Waals surface area contributed by atoms with Gasteiger partial charge in [0.2, 0.25) is 0 Å². The molecule has 0 saturated heterocycles. The summed E-state index contributed by atoms with van der Waals surface area (Å²) in [6, 6.07) is 0. The molecule has 0 radical (unpaired) electrons. The summed E-state index contributed by atoms with van der Waals surface area (Å²) in [5, 5.41) is 7.71. The molecule has 0 rings (SSSR count). The Morgan fingerprint density at radius 1 is 1.71 bits per heavy atom. The van der Waals surface area contributed by atoms with E-state index in [1.807, 2.05) is 13.2 Å². The monoisotopic (exact) mass is 231 g/mol. The van der Waals surface area contributed by atoms with E-state index in [9.17, 15) is 0 Å². The summed E-state index contributed by atoms with van der Waals surface area (Å²) >= 11 is 1.51. The Bertz CT molecular complexity index is 49.7. The van der Waals surface area contributed by atoms with Crippen LogP contribution in [0.25, 0.3) is 0 Å². The molecule has 0 aliphatic carbocycles. The second-order valence-corrected chi connectivity index (χ2v) is 1.88. The molecule has 0 bridgehead atoms. The van der Waals surface area contributed by atoms with Crippen molar-refractivity contribution in [2.45, 2.75) is 13.3 Å². The fourth-order valence-corrected chi connectivity index (χ4v) is 0.433. The molecular formula is C4H10INS. The smallest absolute Gasteiger partial charge is 0.0636 e. The van der Waals surface area contributed by atoms with Gasteiger partial charge in [0.05, 0.1) is 5.04 Å². The van der Waals surface area contributed by atoms with Gasteiger partial charge in [-0.2, -0.15) is 0 Å². The summed E-state index contributed by atoms with van der Waals surface area (Å²) in [4.78, 5) is 0. The van der Waals surface area contributed by atoms with E-state index >= 15 is 0 Å². The molecule has 0 atom stereocenters. The van der Waals surface area contributed by atoms with E-state index < -0.39 is 0 Å². The van der Waals surface area contributed by atoms with E-state index in [4.69, 9.17) is 5.41 Å². The first-order chi connectivity index (χ1) is 2.81. The second-order valence-electron chi connectivity index (χ2n) is 0.981. The van der Waals surface area contributed by atoms with E-state index in [2.05, 4.69) is 0 Å². The molecule has 3 heteroatoms. The quantitative estimate of drug-likeness (QED) is 0.418. The summed E-state index contributed by atoms with van der Waals surface area (Å²) in [5.41, 5.74) is 0. The molecule has 0 spiro atoms. The first kappa shape index (κ1) is 10.7. The lowest BCUT2D eigenvalue weighted by Gasteiger charge is -1.86. The van der Waals surface area contributed by atoms with Crippen LogP contribution in [0, 0.1) is 5.41 Å². The summed E-state index contributed by atoms with van der Waals surface area (Å²) in [6.07, 6.45) is 2.80. The van der Waals surface area contributed by atoms with Crippen molar-refractivity contribution in [3.05, 3.63) is 0 Å². The van der Waals surface area contributed by atoms with Gasteiger partial charge in [0.25, 0.3) is 0 Å². The molecule has 0 aliphatic rings. The Morgan fingerprint density at radius 3 is 2.14 bits per heavy atom. The van der Waals surface area contributed by atoms with Gasteiger partial charge in [-0.05, 0) is 12.7 Å². The van der Waals surface area contributed by atoms with Crippen molar-refractivity contribution in [2.75, 3.05) is 6.26 Å². The number of hydrogen-bond donors (Lipinski definition) is 1. The molecule has 0 saturated carbocycles. The highest BCUT2D eigenvalue weighted by Crippen LogP contribution is 1.96. The average molecular weight is 231 g/mol. The van der Waals surface area contributed by atoms with E-state index in [1.54, 1.807) is 0 Å². The molecule has 7 heavy (non-hydrogen) atoms. The van der Waals surface area contributed by atoms with Gasteiger partial charge < -0.3 is 0 Å². The zero-order valence-corrected chi connectivity index (χ0v) is 7.67. The lowest BCUT2D eigenvalue weighted by Crippen LogP contribution is -1.80. The van der Waals surface area contributed by atoms with E-state index in [0.717, 1.165) is 11.5 Å². The molecule has 0 heterocycles. The summed E-state index contributed by atoms with van der Waals surface area (Å²) in [5.74, 6) is 0. The maximum Gasteiger partial charge on any atom is 0.0636 e. The fourth-order valence-electron chi connectivity index (χ4n) is 0.144. The molecule has 0 aliphatic heterocycles. The second kappa shape index (κ2) is 6.75. The van der Waals surface area contributed by atoms with Crippen LogP contribution in [0.15, 0.2) is 0 Å². The summed E-state index contributed by atoms with van der Waals surface area (Å²) in [6.45, 7) is 1.98. The molecule has 0 aromatic carbocycles. The van der Waals surface area contributed by atoms with Crippen molar-refractivity contribution in [1.29, 1.82) is 5.41 Å². The van der Waals surface area contributed by atoms with Crippen molar-refractivity contribution in [3.8, 4) is 0 Å². The SMILES string of the molecule is CCC(=N)SC.I. The zero-order chi connectivity index (χ0) is 4.99. The van der Waals surface area contributed by atoms with Crippen molar-refractivity contribution in [1.82, 2.24) is 0 Å². The van der Waals surface area contributed by atoms with Crippen molar-refractivity contribution in [2.24, 2.45) is 0 Å². The first-order valence-electron chi connectivity index (χ1n) is 1.92. The predicted molar refractivity (Wildman–Crippen MR) is 46.9 cm³/mol. The highest BCUT2D eigenvalue weighted by Gasteiger charge is 1.81. The normalized spacial score (nSPS) is 7.14. The van der Waals surface area contributed by atoms with Gasteiger partial charge in [-0.1, -0.05) is 6.92 Å². The lowest BCUT2D eigenvalue weighted by molar-refractivity contribution is 1.28. The third kappa shape index (κ3) is 6.75. The molecule has 1 nitrogen and oxygen atoms in total. The van der Waals surface area contributed by atoms with Gasteiger partial charge in [-0.15, -0.1) is 35.7 Å². The highest BCUT2D eigenvalue weighted by atomic mass is 127. The van der Waals surface area contributed by atoms with Crippen LogP contribution in [0.4, 0.5) is 0 Å². The Kier molecular flexibility index (Phi) is 10.3. The minimum Gasteiger partial charge on any atom is -0.298 e. The third-order valence-electron chi connectivity index (χ3n) is 0.568. The van der Waals surface area contributed by atoms with Crippen LogP contribution in [0.1, 0.15) is 13.3 Å². The highest BCUT2D eigenvalue weighted by molar-refractivity contribution is 14.0. The number of hydrogen-bond acceptors (Lipinski definition) is 2. The van der Waals surface area contributed by atoms with Crippen LogP contribution in [-0.4, -0.2) is 11.3 Å². The molecule has 0 unspecified atom stereocenters. The first-order valence-corrected chi connectivity index (χ1v) is 3.15. The molecule has 1 N–H and O–H groups in total. The minimum atomic E-state index is 0. The van der Waals surface area contributed by atoms with Gasteiger partial charge in [0.1, 0.15) is 0 Å². The Morgan fingerprint density at radius 2 is 2.14 bits per heavy atom. The lowest BCUT2D eigenvalue weighted by atomic mass is 10.5. The van der Waals surface area contributed by atoms with Crippen LogP contribution >= 0.6 is 35.7 Å². The fraction of sp³-hybridized carbons (Fsp3) is 0.750. The van der Waals surface area contributed by atoms with Gasteiger partial charge in [-0.25, -0.2) is 0 Å². The van der Waals surface area contributed by atoms with Crippen LogP contribution in [0.2, 0.25) is 0 Å². The van der Waals surface area contributed by atoms with Gasteiger partial charge in [0.15, 0.2) is 0 Å². The Labute approximate surface area is 65.8 Å². The Balaban J connectivity index is 0. The van der Waals surface area contributed by atoms with E-state index in [1.165, 1.54) is 11.8 Å². The van der Waals surface area contributed by atoms with Crippen LogP contribution in [0.5, 0.6) is 0 Å². The molecule has 0 aromatic heterocycles. The number of nitrogens with one attached hydrogen (secondary N) is 1. The molecular weight excluding hydrogens is 221 g/mol. The van der Waals surface area contributed by atoms with Crippen molar-refractivity contribution in [3.63, 3.8) is 0 Å². The molecule has 0 aromatic rings. The van der Waals surface area contributed by atoms with Gasteiger partial charge >= 0.3 is 0 Å². The van der Waals surface area contributed by atoms with Crippen molar-refractivity contribution < 1.29 is 0 Å². The van der Waals surface area contributed by atoms with Gasteiger partial charge in [-0.3, -0.25) is 5.41 Å². The van der Waals surface area contributed by atoms with Crippen LogP contribution in [-0.2, 0) is 0 Å². The van der Waals surface area contributed by atoms with E-state index in [-0.39, 0.29) is 24.0 Å². The zero-order valence-electron chi connectivity index (χ0n) is 4.52. The van der Waals surface area contributed by atoms with Gasteiger partial charge in [0, 0.05) is 0 Å². The summed E-state index contributed by atoms with van der Waals surface area (Å²) < 4.78 is 0. The van der Waals surface area contributed by atoms with E-state index in [0.29, 0.717) is 0 Å². The maximum atomic E-state index is 6.95. The third-order valence-corrected chi connectivity index (χ3v) is 1.35. The summed E-state index contributed by atoms with van der Waals surface area (Å²) in [7, 11) is 0. The largest absolute Gasteiger partial charge is 0.298 e. The Hall–Kier alpha value is 0.750. The minimum absolute atomic E-state index is 0. The average Bonchev–Trinajstić information content (AvgIpc) is 1.65. The molecule has 0 amide bonds. The molecule has 0 fully saturated rings. The number of rotatable bonds is 1. The number of thioether (sulfide) groups is 1. The van der Waals surface area contributed by atoms with Crippen molar-refractivity contribution >= 4 is 40.8 Å². The van der Waals surface area contributed by atoms with Crippen LogP contribution in [0.3, 0.4) is 0 Å². The maximum absolute atomic E-state index is 6.95. The molecule has 44 valence electrons. The standard InChI is InChI=1S/C4H9NS.HI/c1-3-4(5)6-2;/h5H,3H2,1-2H3;1H. The number of halogens is 1.